The van der Waals surface area contributed by atoms with E-state index in [0.29, 0.717) is 30.2 Å². The number of nitrogens with one attached hydrogen (secondary N) is 1. The Labute approximate surface area is 166 Å². The summed E-state index contributed by atoms with van der Waals surface area (Å²) in [5.74, 6) is 1.63. The molecule has 0 aliphatic carbocycles. The molecule has 0 atom stereocenters. The molecule has 1 N–H and O–H groups in total. The Kier molecular flexibility index (Phi) is 5.19. The van der Waals surface area contributed by atoms with E-state index in [2.05, 4.69) is 14.9 Å². The molecule has 0 spiro atoms. The predicted octanol–water partition coefficient (Wildman–Crippen LogP) is -1.80. The van der Waals surface area contributed by atoms with E-state index in [-0.39, 0.29) is 29.5 Å². The largest absolute Gasteiger partial charge is 1.00 e. The average Bonchev–Trinajstić information content (AvgIpc) is 3.20. The maximum Gasteiger partial charge on any atom is 0.364 e. The summed E-state index contributed by atoms with van der Waals surface area (Å²) in [4.78, 5) is 21.8. The zero-order valence-corrected chi connectivity index (χ0v) is 16.5. The molecule has 9 heteroatoms. The number of anilines is 1. The zero-order chi connectivity index (χ0) is 16.7. The number of halogens is 2. The van der Waals surface area contributed by atoms with Gasteiger partial charge in [0, 0.05) is 5.02 Å². The van der Waals surface area contributed by atoms with Crippen molar-refractivity contribution in [1.29, 1.82) is 0 Å². The zero-order valence-electron chi connectivity index (χ0n) is 13.6. The lowest BCUT2D eigenvalue weighted by atomic mass is 10.3. The summed E-state index contributed by atoms with van der Waals surface area (Å²) >= 11 is 5.88. The molecule has 0 unspecified atom stereocenters. The van der Waals surface area contributed by atoms with Gasteiger partial charge in [-0.2, -0.15) is 4.57 Å². The first-order valence-electron chi connectivity index (χ1n) is 7.74. The Hall–Kier alpha value is -1.81. The van der Waals surface area contributed by atoms with E-state index in [9.17, 15) is 4.79 Å². The van der Waals surface area contributed by atoms with E-state index in [1.54, 1.807) is 23.0 Å². The molecule has 1 aromatic carbocycles. The molecular formula is C16H17ClIN5O2. The molecule has 0 amide bonds. The highest BCUT2D eigenvalue weighted by molar-refractivity contribution is 6.30. The molecule has 2 aromatic heterocycles. The molecule has 132 valence electrons. The van der Waals surface area contributed by atoms with Crippen LogP contribution in [0.15, 0.2) is 35.4 Å². The molecule has 1 aliphatic heterocycles. The number of imidazole rings is 1. The number of aromatic amines is 1. The van der Waals surface area contributed by atoms with Crippen molar-refractivity contribution < 1.29 is 33.3 Å². The van der Waals surface area contributed by atoms with Crippen LogP contribution in [0.1, 0.15) is 0 Å². The average molecular weight is 474 g/mol. The van der Waals surface area contributed by atoms with E-state index in [4.69, 9.17) is 16.3 Å². The third-order valence-corrected chi connectivity index (χ3v) is 4.47. The van der Waals surface area contributed by atoms with Gasteiger partial charge >= 0.3 is 11.5 Å². The van der Waals surface area contributed by atoms with Crippen molar-refractivity contribution in [1.82, 2.24) is 14.5 Å². The summed E-state index contributed by atoms with van der Waals surface area (Å²) in [6.45, 7) is 2.55. The van der Waals surface area contributed by atoms with E-state index in [0.717, 1.165) is 23.9 Å². The molecule has 25 heavy (non-hydrogen) atoms. The predicted molar refractivity (Wildman–Crippen MR) is 90.8 cm³/mol. The molecule has 0 saturated carbocycles. The van der Waals surface area contributed by atoms with Crippen LogP contribution in [0.4, 0.5) is 5.95 Å². The van der Waals surface area contributed by atoms with Gasteiger partial charge < -0.3 is 33.7 Å². The topological polar surface area (TPSA) is 67.0 Å². The van der Waals surface area contributed by atoms with Crippen LogP contribution in [-0.2, 0) is 13.1 Å². The van der Waals surface area contributed by atoms with Crippen LogP contribution in [0, 0.1) is 0 Å². The Bertz CT molecular complexity index is 954. The lowest BCUT2D eigenvalue weighted by Gasteiger charge is -2.12. The van der Waals surface area contributed by atoms with Crippen molar-refractivity contribution in [3.63, 3.8) is 0 Å². The number of hydrogen-bond donors (Lipinski definition) is 1. The summed E-state index contributed by atoms with van der Waals surface area (Å²) < 4.78 is 9.61. The van der Waals surface area contributed by atoms with Gasteiger partial charge in [0.05, 0.1) is 19.9 Å². The van der Waals surface area contributed by atoms with Gasteiger partial charge in [-0.1, -0.05) is 11.6 Å². The number of benzene rings is 1. The molecular weight excluding hydrogens is 457 g/mol. The Balaban J connectivity index is 0.00000182. The van der Waals surface area contributed by atoms with Crippen molar-refractivity contribution in [2.75, 3.05) is 25.1 Å². The molecule has 0 saturated heterocycles. The minimum absolute atomic E-state index is 0. The van der Waals surface area contributed by atoms with Crippen LogP contribution >= 0.6 is 11.6 Å². The number of likely N-dealkylation sites (N-methyl/N-ethyl adjacent to an activating group) is 1. The van der Waals surface area contributed by atoms with Gasteiger partial charge in [-0.15, -0.1) is 0 Å². The molecule has 0 fully saturated rings. The Morgan fingerprint density at radius 3 is 2.88 bits per heavy atom. The quantitative estimate of drug-likeness (QED) is 0.359. The maximum atomic E-state index is 12.5. The van der Waals surface area contributed by atoms with Gasteiger partial charge in [0.1, 0.15) is 25.4 Å². The van der Waals surface area contributed by atoms with Crippen LogP contribution < -0.4 is 43.7 Å². The monoisotopic (exact) mass is 473 g/mol. The normalized spacial score (nSPS) is 13.0. The molecule has 0 radical (unpaired) electrons. The fourth-order valence-corrected chi connectivity index (χ4v) is 3.20. The van der Waals surface area contributed by atoms with Gasteiger partial charge in [-0.25, -0.2) is 14.3 Å². The lowest BCUT2D eigenvalue weighted by Crippen LogP contribution is -3.00. The fraction of sp³-hybridized carbons (Fsp3) is 0.312. The van der Waals surface area contributed by atoms with Crippen LogP contribution in [-0.4, -0.2) is 34.7 Å². The number of H-pyrrole nitrogens is 1. The van der Waals surface area contributed by atoms with Crippen LogP contribution in [0.25, 0.3) is 11.2 Å². The van der Waals surface area contributed by atoms with E-state index in [1.807, 2.05) is 23.7 Å². The summed E-state index contributed by atoms with van der Waals surface area (Å²) in [6.07, 6.45) is 1.55. The molecule has 4 rings (SSSR count). The van der Waals surface area contributed by atoms with Gasteiger partial charge in [0.15, 0.2) is 0 Å². The number of fused-ring (bicyclic) bond motifs is 2. The minimum Gasteiger partial charge on any atom is -1.00 e. The Morgan fingerprint density at radius 2 is 2.12 bits per heavy atom. The first-order valence-corrected chi connectivity index (χ1v) is 8.12. The smallest absolute Gasteiger partial charge is 0.364 e. The van der Waals surface area contributed by atoms with Crippen LogP contribution in [0.5, 0.6) is 5.75 Å². The van der Waals surface area contributed by atoms with Gasteiger partial charge in [-0.3, -0.25) is 4.90 Å². The molecule has 1 aliphatic rings. The second kappa shape index (κ2) is 7.20. The van der Waals surface area contributed by atoms with Crippen molar-refractivity contribution in [2.24, 2.45) is 0 Å². The van der Waals surface area contributed by atoms with Gasteiger partial charge in [-0.05, 0) is 24.3 Å². The number of hydrogen-bond acceptors (Lipinski definition) is 4. The highest BCUT2D eigenvalue weighted by Gasteiger charge is 2.32. The summed E-state index contributed by atoms with van der Waals surface area (Å²) in [5.41, 5.74) is 1.13. The first-order chi connectivity index (χ1) is 11.6. The van der Waals surface area contributed by atoms with E-state index >= 15 is 0 Å². The first kappa shape index (κ1) is 18.0. The lowest BCUT2D eigenvalue weighted by molar-refractivity contribution is -0.686. The molecule has 0 bridgehead atoms. The number of ether oxygens (including phenoxy) is 1. The number of rotatable bonds is 4. The summed E-state index contributed by atoms with van der Waals surface area (Å²) in [7, 11) is 1.98. The highest BCUT2D eigenvalue weighted by atomic mass is 127. The molecule has 3 aromatic rings. The third kappa shape index (κ3) is 3.20. The maximum absolute atomic E-state index is 12.5. The third-order valence-electron chi connectivity index (χ3n) is 4.22. The number of aromatic nitrogens is 4. The standard InChI is InChI=1S/C16H16ClN5O2.HI/c1-20-6-7-22-15(23)13-14(19-10-18-13)21(16(20)22)8-9-24-12-4-2-11(17)3-5-12;/h2-5,10H,6-9H2,1H3;1H. The minimum atomic E-state index is -0.0551. The van der Waals surface area contributed by atoms with Crippen molar-refractivity contribution in [3.8, 4) is 5.75 Å². The van der Waals surface area contributed by atoms with Crippen molar-refractivity contribution in [2.45, 2.75) is 13.1 Å². The Morgan fingerprint density at radius 1 is 1.36 bits per heavy atom. The number of nitrogens with zero attached hydrogens (tertiary/aromatic N) is 4. The van der Waals surface area contributed by atoms with E-state index in [1.165, 1.54) is 0 Å². The van der Waals surface area contributed by atoms with Crippen molar-refractivity contribution >= 4 is 28.7 Å². The van der Waals surface area contributed by atoms with Crippen molar-refractivity contribution in [3.05, 3.63) is 46.0 Å². The summed E-state index contributed by atoms with van der Waals surface area (Å²) in [6, 6.07) is 7.27. The van der Waals surface area contributed by atoms with Crippen LogP contribution in [0.3, 0.4) is 0 Å². The summed E-state index contributed by atoms with van der Waals surface area (Å²) in [5, 5.41) is 0.678. The highest BCUT2D eigenvalue weighted by Crippen LogP contribution is 2.18. The second-order valence-electron chi connectivity index (χ2n) is 5.73. The van der Waals surface area contributed by atoms with Gasteiger partial charge in [0.2, 0.25) is 11.2 Å². The van der Waals surface area contributed by atoms with Gasteiger partial charge in [0.25, 0.3) is 0 Å². The van der Waals surface area contributed by atoms with Crippen LogP contribution in [0.2, 0.25) is 5.02 Å². The fourth-order valence-electron chi connectivity index (χ4n) is 3.08. The SMILES string of the molecule is CN1CC[n+]2c1n(CCOc1ccc(Cl)cc1)c1[nH]cnc1c2=O.[I-]. The molecule has 3 heterocycles. The molecule has 7 nitrogen and oxygen atoms in total. The second-order valence-corrected chi connectivity index (χ2v) is 6.17. The van der Waals surface area contributed by atoms with E-state index < -0.39 is 0 Å².